The number of hydrogen-bond donors (Lipinski definition) is 0. The molecule has 0 spiro atoms. The molecule has 0 amide bonds. The van der Waals surface area contributed by atoms with Crippen molar-refractivity contribution in [2.24, 2.45) is 0 Å². The van der Waals surface area contributed by atoms with Gasteiger partial charge in [-0.2, -0.15) is 0 Å². The molecule has 0 saturated heterocycles. The Kier molecular flexibility index (Phi) is 5.34. The second-order valence-electron chi connectivity index (χ2n) is 5.95. The molecule has 0 atom stereocenters. The molecule has 27 heavy (non-hydrogen) atoms. The minimum Gasteiger partial charge on any atom is -0.268 e. The number of para-hydroxylation sites is 1. The number of rotatable bonds is 4. The molecular weight excluding hydrogens is 444 g/mol. The number of halogens is 2. The third-order valence-electron chi connectivity index (χ3n) is 4.09. The number of benzene rings is 3. The van der Waals surface area contributed by atoms with Crippen LogP contribution in [0.4, 0.5) is 0 Å². The highest BCUT2D eigenvalue weighted by Gasteiger charge is 2.13. The number of aromatic nitrogens is 2. The monoisotopic (exact) mass is 456 g/mol. The third-order valence-corrected chi connectivity index (χ3v) is 5.86. The molecular formula is C21H14BrClN2OS. The SMILES string of the molecule is O=c1c2ccccc2nc(SCc2cccc(Cl)c2)n1-c1ccc(Br)cc1. The standard InChI is InChI=1S/C21H14BrClN2OS/c22-15-8-10-17(11-9-15)25-20(26)18-6-1-2-7-19(18)24-21(25)27-13-14-4-3-5-16(23)12-14/h1-12H,13H2. The van der Waals surface area contributed by atoms with Gasteiger partial charge in [-0.25, -0.2) is 4.98 Å². The smallest absolute Gasteiger partial charge is 0.266 e. The molecule has 0 aliphatic carbocycles. The second kappa shape index (κ2) is 7.89. The zero-order valence-electron chi connectivity index (χ0n) is 14.1. The van der Waals surface area contributed by atoms with Crippen molar-refractivity contribution < 1.29 is 0 Å². The van der Waals surface area contributed by atoms with Gasteiger partial charge in [0.05, 0.1) is 16.6 Å². The van der Waals surface area contributed by atoms with E-state index in [1.54, 1.807) is 4.57 Å². The second-order valence-corrected chi connectivity index (χ2v) is 8.24. The van der Waals surface area contributed by atoms with Crippen molar-refractivity contribution in [1.82, 2.24) is 9.55 Å². The quantitative estimate of drug-likeness (QED) is 0.274. The third kappa shape index (κ3) is 3.95. The normalized spacial score (nSPS) is 11.0. The number of fused-ring (bicyclic) bond motifs is 1. The van der Waals surface area contributed by atoms with Crippen LogP contribution in [0, 0.1) is 0 Å². The van der Waals surface area contributed by atoms with Crippen molar-refractivity contribution in [1.29, 1.82) is 0 Å². The lowest BCUT2D eigenvalue weighted by atomic mass is 10.2. The van der Waals surface area contributed by atoms with Crippen molar-refractivity contribution in [3.63, 3.8) is 0 Å². The molecule has 0 unspecified atom stereocenters. The van der Waals surface area contributed by atoms with E-state index in [9.17, 15) is 4.79 Å². The predicted molar refractivity (Wildman–Crippen MR) is 116 cm³/mol. The van der Waals surface area contributed by atoms with E-state index in [2.05, 4.69) is 15.9 Å². The Morgan fingerprint density at radius 3 is 2.56 bits per heavy atom. The maximum Gasteiger partial charge on any atom is 0.266 e. The van der Waals surface area contributed by atoms with Gasteiger partial charge in [0.25, 0.3) is 5.56 Å². The van der Waals surface area contributed by atoms with E-state index in [0.717, 1.165) is 15.7 Å². The maximum atomic E-state index is 13.2. The van der Waals surface area contributed by atoms with E-state index < -0.39 is 0 Å². The molecule has 4 aromatic rings. The molecule has 134 valence electrons. The highest BCUT2D eigenvalue weighted by Crippen LogP contribution is 2.26. The van der Waals surface area contributed by atoms with Crippen LogP contribution < -0.4 is 5.56 Å². The summed E-state index contributed by atoms with van der Waals surface area (Å²) in [5, 5.41) is 1.96. The topological polar surface area (TPSA) is 34.9 Å². The minimum atomic E-state index is -0.0727. The van der Waals surface area contributed by atoms with Crippen molar-refractivity contribution in [3.8, 4) is 5.69 Å². The van der Waals surface area contributed by atoms with E-state index in [-0.39, 0.29) is 5.56 Å². The summed E-state index contributed by atoms with van der Waals surface area (Å²) in [6.45, 7) is 0. The van der Waals surface area contributed by atoms with Gasteiger partial charge in [0.15, 0.2) is 5.16 Å². The van der Waals surface area contributed by atoms with Crippen molar-refractivity contribution in [2.75, 3.05) is 0 Å². The first-order valence-electron chi connectivity index (χ1n) is 8.27. The van der Waals surface area contributed by atoms with Crippen LogP contribution in [0.3, 0.4) is 0 Å². The Bertz CT molecular complexity index is 1170. The summed E-state index contributed by atoms with van der Waals surface area (Å²) >= 11 is 11.0. The first-order chi connectivity index (χ1) is 13.1. The molecule has 0 aliphatic rings. The number of hydrogen-bond acceptors (Lipinski definition) is 3. The largest absolute Gasteiger partial charge is 0.268 e. The van der Waals surface area contributed by atoms with E-state index in [4.69, 9.17) is 16.6 Å². The molecule has 1 aromatic heterocycles. The van der Waals surface area contributed by atoms with Crippen molar-refractivity contribution in [2.45, 2.75) is 10.9 Å². The summed E-state index contributed by atoms with van der Waals surface area (Å²) in [4.78, 5) is 17.9. The van der Waals surface area contributed by atoms with Crippen LogP contribution in [0.2, 0.25) is 5.02 Å². The van der Waals surface area contributed by atoms with Gasteiger partial charge in [-0.3, -0.25) is 9.36 Å². The van der Waals surface area contributed by atoms with Crippen molar-refractivity contribution in [3.05, 3.63) is 98.2 Å². The van der Waals surface area contributed by atoms with Gasteiger partial charge in [-0.1, -0.05) is 63.6 Å². The summed E-state index contributed by atoms with van der Waals surface area (Å²) < 4.78 is 2.63. The molecule has 6 heteroatoms. The highest BCUT2D eigenvalue weighted by atomic mass is 79.9. The molecule has 0 saturated carbocycles. The van der Waals surface area contributed by atoms with Crippen LogP contribution >= 0.6 is 39.3 Å². The fourth-order valence-electron chi connectivity index (χ4n) is 2.80. The Morgan fingerprint density at radius 2 is 1.78 bits per heavy atom. The predicted octanol–water partition coefficient (Wildman–Crippen LogP) is 6.09. The Morgan fingerprint density at radius 1 is 1.00 bits per heavy atom. The zero-order chi connectivity index (χ0) is 18.8. The zero-order valence-corrected chi connectivity index (χ0v) is 17.3. The number of thioether (sulfide) groups is 1. The van der Waals surface area contributed by atoms with Gasteiger partial charge in [0, 0.05) is 15.2 Å². The first-order valence-corrected chi connectivity index (χ1v) is 10.4. The van der Waals surface area contributed by atoms with Gasteiger partial charge in [0.2, 0.25) is 0 Å². The molecule has 0 fully saturated rings. The molecule has 3 nitrogen and oxygen atoms in total. The summed E-state index contributed by atoms with van der Waals surface area (Å²) in [5.74, 6) is 0.669. The lowest BCUT2D eigenvalue weighted by Gasteiger charge is -2.13. The van der Waals surface area contributed by atoms with Crippen LogP contribution in [0.15, 0.2) is 87.2 Å². The van der Waals surface area contributed by atoms with Gasteiger partial charge >= 0.3 is 0 Å². The fourth-order valence-corrected chi connectivity index (χ4v) is 4.23. The average molecular weight is 458 g/mol. The summed E-state index contributed by atoms with van der Waals surface area (Å²) in [5.41, 5.74) is 2.49. The van der Waals surface area contributed by atoms with E-state index in [1.165, 1.54) is 11.8 Å². The Balaban J connectivity index is 1.83. The minimum absolute atomic E-state index is 0.0727. The van der Waals surface area contributed by atoms with Gasteiger partial charge in [-0.05, 0) is 54.1 Å². The molecule has 0 bridgehead atoms. The van der Waals surface area contributed by atoms with Crippen LogP contribution in [-0.2, 0) is 5.75 Å². The van der Waals surface area contributed by atoms with Gasteiger partial charge in [0.1, 0.15) is 0 Å². The molecule has 4 rings (SSSR count). The summed E-state index contributed by atoms with van der Waals surface area (Å²) in [6, 6.07) is 22.8. The molecule has 1 heterocycles. The lowest BCUT2D eigenvalue weighted by Crippen LogP contribution is -2.21. The van der Waals surface area contributed by atoms with Crippen LogP contribution in [0.25, 0.3) is 16.6 Å². The van der Waals surface area contributed by atoms with Crippen molar-refractivity contribution >= 4 is 50.2 Å². The fraction of sp³-hybridized carbons (Fsp3) is 0.0476. The molecule has 0 N–H and O–H groups in total. The van der Waals surface area contributed by atoms with Crippen LogP contribution in [0.1, 0.15) is 5.56 Å². The molecule has 0 aliphatic heterocycles. The average Bonchev–Trinajstić information content (AvgIpc) is 2.68. The summed E-state index contributed by atoms with van der Waals surface area (Å²) in [7, 11) is 0. The maximum absolute atomic E-state index is 13.2. The van der Waals surface area contributed by atoms with Gasteiger partial charge in [-0.15, -0.1) is 0 Å². The van der Waals surface area contributed by atoms with E-state index in [0.29, 0.717) is 26.8 Å². The van der Waals surface area contributed by atoms with Crippen LogP contribution in [-0.4, -0.2) is 9.55 Å². The lowest BCUT2D eigenvalue weighted by molar-refractivity contribution is 0.819. The summed E-state index contributed by atoms with van der Waals surface area (Å²) in [6.07, 6.45) is 0. The van der Waals surface area contributed by atoms with Gasteiger partial charge < -0.3 is 0 Å². The number of nitrogens with zero attached hydrogens (tertiary/aromatic N) is 2. The van der Waals surface area contributed by atoms with E-state index in [1.807, 2.05) is 72.8 Å². The Labute approximate surface area is 174 Å². The first kappa shape index (κ1) is 18.3. The van der Waals surface area contributed by atoms with E-state index >= 15 is 0 Å². The molecule has 0 radical (unpaired) electrons. The highest BCUT2D eigenvalue weighted by molar-refractivity contribution is 9.10. The Hall–Kier alpha value is -2.08. The molecule has 3 aromatic carbocycles. The van der Waals surface area contributed by atoms with Crippen LogP contribution in [0.5, 0.6) is 0 Å².